The number of methoxy groups -OCH3 is 1. The largest absolute Gasteiger partial charge is 0.465 e. The van der Waals surface area contributed by atoms with Crippen LogP contribution in [0.2, 0.25) is 0 Å². The molecule has 1 aromatic rings. The van der Waals surface area contributed by atoms with Crippen LogP contribution in [0.25, 0.3) is 0 Å². The van der Waals surface area contributed by atoms with Crippen molar-refractivity contribution in [3.05, 3.63) is 16.0 Å². The van der Waals surface area contributed by atoms with Crippen molar-refractivity contribution in [1.82, 2.24) is 10.2 Å². The number of carbonyl (C=O) groups excluding carboxylic acids is 1. The Balaban J connectivity index is 2.64. The third-order valence-electron chi connectivity index (χ3n) is 3.07. The molecule has 5 nitrogen and oxygen atoms in total. The number of aryl methyl sites for hydroxylation is 1. The topological polar surface area (TPSA) is 53.6 Å². The summed E-state index contributed by atoms with van der Waals surface area (Å²) < 4.78 is 4.84. The number of thiocarbonyl (C=S) groups is 1. The first-order valence-electron chi connectivity index (χ1n) is 6.74. The first kappa shape index (κ1) is 17.9. The van der Waals surface area contributed by atoms with Gasteiger partial charge in [-0.1, -0.05) is 0 Å². The van der Waals surface area contributed by atoms with E-state index in [0.29, 0.717) is 10.7 Å². The molecule has 0 aliphatic rings. The number of anilines is 1. The predicted octanol–water partition coefficient (Wildman–Crippen LogP) is 2.39. The molecule has 1 aromatic heterocycles. The summed E-state index contributed by atoms with van der Waals surface area (Å²) in [6.45, 7) is 5.68. The van der Waals surface area contributed by atoms with Gasteiger partial charge in [-0.25, -0.2) is 4.79 Å². The zero-order chi connectivity index (χ0) is 16.0. The van der Waals surface area contributed by atoms with E-state index in [9.17, 15) is 4.79 Å². The van der Waals surface area contributed by atoms with E-state index in [4.69, 9.17) is 17.0 Å². The maximum atomic E-state index is 11.9. The van der Waals surface area contributed by atoms with Gasteiger partial charge in [0.1, 0.15) is 5.00 Å². The summed E-state index contributed by atoms with van der Waals surface area (Å²) in [4.78, 5) is 15.1. The Morgan fingerprint density at radius 1 is 1.38 bits per heavy atom. The van der Waals surface area contributed by atoms with Crippen molar-refractivity contribution in [3.63, 3.8) is 0 Å². The molecule has 1 heterocycles. The SMILES string of the molecule is COC(=O)c1c(NC(=S)NCCCN(C)C)sc(C)c1C. The first-order valence-corrected chi connectivity index (χ1v) is 7.97. The second-order valence-corrected chi connectivity index (χ2v) is 6.65. The van der Waals surface area contributed by atoms with Crippen molar-refractivity contribution in [3.8, 4) is 0 Å². The lowest BCUT2D eigenvalue weighted by molar-refractivity contribution is 0.0601. The normalized spacial score (nSPS) is 10.6. The van der Waals surface area contributed by atoms with Crippen LogP contribution in [0, 0.1) is 13.8 Å². The number of rotatable bonds is 6. The van der Waals surface area contributed by atoms with Gasteiger partial charge in [-0.15, -0.1) is 11.3 Å². The summed E-state index contributed by atoms with van der Waals surface area (Å²) >= 11 is 6.78. The van der Waals surface area contributed by atoms with Gasteiger partial charge in [0, 0.05) is 11.4 Å². The van der Waals surface area contributed by atoms with E-state index in [-0.39, 0.29) is 5.97 Å². The van der Waals surface area contributed by atoms with Crippen LogP contribution in [0.3, 0.4) is 0 Å². The fourth-order valence-electron chi connectivity index (χ4n) is 1.81. The molecule has 0 radical (unpaired) electrons. The lowest BCUT2D eigenvalue weighted by Crippen LogP contribution is -2.31. The molecule has 0 aliphatic heterocycles. The average molecular weight is 329 g/mol. The minimum Gasteiger partial charge on any atom is -0.465 e. The van der Waals surface area contributed by atoms with Gasteiger partial charge in [0.15, 0.2) is 5.11 Å². The quantitative estimate of drug-likeness (QED) is 0.475. The van der Waals surface area contributed by atoms with E-state index in [1.165, 1.54) is 18.4 Å². The fraction of sp³-hybridized carbons (Fsp3) is 0.571. The van der Waals surface area contributed by atoms with E-state index in [1.807, 2.05) is 27.9 Å². The van der Waals surface area contributed by atoms with E-state index >= 15 is 0 Å². The van der Waals surface area contributed by atoms with Gasteiger partial charge in [-0.3, -0.25) is 0 Å². The van der Waals surface area contributed by atoms with Crippen LogP contribution >= 0.6 is 23.6 Å². The fourth-order valence-corrected chi connectivity index (χ4v) is 3.13. The molecule has 0 spiro atoms. The highest BCUT2D eigenvalue weighted by Crippen LogP contribution is 2.32. The van der Waals surface area contributed by atoms with Crippen molar-refractivity contribution in [2.24, 2.45) is 0 Å². The van der Waals surface area contributed by atoms with Gasteiger partial charge in [-0.2, -0.15) is 0 Å². The number of nitrogens with one attached hydrogen (secondary N) is 2. The number of ether oxygens (including phenoxy) is 1. The number of esters is 1. The van der Waals surface area contributed by atoms with E-state index in [0.717, 1.165) is 35.0 Å². The van der Waals surface area contributed by atoms with Crippen molar-refractivity contribution in [1.29, 1.82) is 0 Å². The van der Waals surface area contributed by atoms with Crippen LogP contribution in [-0.2, 0) is 4.74 Å². The zero-order valence-corrected chi connectivity index (χ0v) is 14.8. The molecule has 2 N–H and O–H groups in total. The van der Waals surface area contributed by atoms with Gasteiger partial charge in [0.25, 0.3) is 0 Å². The Morgan fingerprint density at radius 3 is 2.62 bits per heavy atom. The highest BCUT2D eigenvalue weighted by molar-refractivity contribution is 7.80. The van der Waals surface area contributed by atoms with Gasteiger partial charge >= 0.3 is 5.97 Å². The third kappa shape index (κ3) is 5.26. The van der Waals surface area contributed by atoms with Crippen LogP contribution in [0.1, 0.15) is 27.2 Å². The molecule has 0 atom stereocenters. The summed E-state index contributed by atoms with van der Waals surface area (Å²) in [6, 6.07) is 0. The van der Waals surface area contributed by atoms with Crippen LogP contribution in [-0.4, -0.2) is 50.3 Å². The first-order chi connectivity index (χ1) is 9.86. The van der Waals surface area contributed by atoms with Crippen molar-refractivity contribution in [2.75, 3.05) is 39.6 Å². The maximum Gasteiger partial charge on any atom is 0.341 e. The Labute approximate surface area is 135 Å². The smallest absolute Gasteiger partial charge is 0.341 e. The Kier molecular flexibility index (Phi) is 7.07. The highest BCUT2D eigenvalue weighted by atomic mass is 32.1. The summed E-state index contributed by atoms with van der Waals surface area (Å²) in [5.41, 5.74) is 1.50. The molecule has 1 rings (SSSR count). The molecule has 0 aliphatic carbocycles. The van der Waals surface area contributed by atoms with Crippen LogP contribution in [0.4, 0.5) is 5.00 Å². The minimum atomic E-state index is -0.338. The number of hydrogen-bond acceptors (Lipinski definition) is 5. The van der Waals surface area contributed by atoms with E-state index in [1.54, 1.807) is 0 Å². The van der Waals surface area contributed by atoms with Gasteiger partial charge in [0.05, 0.1) is 12.7 Å². The van der Waals surface area contributed by atoms with E-state index < -0.39 is 0 Å². The Hall–Kier alpha value is -1.18. The van der Waals surface area contributed by atoms with Gasteiger partial charge in [0.2, 0.25) is 0 Å². The number of hydrogen-bond donors (Lipinski definition) is 2. The van der Waals surface area contributed by atoms with Crippen LogP contribution < -0.4 is 10.6 Å². The molecular formula is C14H23N3O2S2. The zero-order valence-electron chi connectivity index (χ0n) is 13.2. The predicted molar refractivity (Wildman–Crippen MR) is 92.5 cm³/mol. The molecular weight excluding hydrogens is 306 g/mol. The van der Waals surface area contributed by atoms with Gasteiger partial charge < -0.3 is 20.3 Å². The lowest BCUT2D eigenvalue weighted by atomic mass is 10.1. The molecule has 0 unspecified atom stereocenters. The Morgan fingerprint density at radius 2 is 2.05 bits per heavy atom. The number of carbonyl (C=O) groups is 1. The molecule has 7 heteroatoms. The molecule has 21 heavy (non-hydrogen) atoms. The average Bonchev–Trinajstić information content (AvgIpc) is 2.69. The van der Waals surface area contributed by atoms with Crippen molar-refractivity contribution in [2.45, 2.75) is 20.3 Å². The van der Waals surface area contributed by atoms with E-state index in [2.05, 4.69) is 15.5 Å². The van der Waals surface area contributed by atoms with Crippen LogP contribution in [0.5, 0.6) is 0 Å². The van der Waals surface area contributed by atoms with Gasteiger partial charge in [-0.05, 0) is 58.7 Å². The minimum absolute atomic E-state index is 0.338. The molecule has 0 aromatic carbocycles. The van der Waals surface area contributed by atoms with Crippen LogP contribution in [0.15, 0.2) is 0 Å². The molecule has 0 bridgehead atoms. The van der Waals surface area contributed by atoms with Crippen molar-refractivity contribution >= 4 is 39.6 Å². The second-order valence-electron chi connectivity index (χ2n) is 5.02. The molecule has 118 valence electrons. The summed E-state index contributed by atoms with van der Waals surface area (Å²) in [5.74, 6) is -0.338. The standard InChI is InChI=1S/C14H23N3O2S2/c1-9-10(2)21-12(11(9)13(18)19-5)16-14(20)15-7-6-8-17(3)4/h6-8H2,1-5H3,(H2,15,16,20). The number of nitrogens with zero attached hydrogens (tertiary/aromatic N) is 1. The third-order valence-corrected chi connectivity index (χ3v) is 4.44. The lowest BCUT2D eigenvalue weighted by Gasteiger charge is -2.12. The number of thiophene rings is 1. The second kappa shape index (κ2) is 8.31. The van der Waals surface area contributed by atoms with Crippen molar-refractivity contribution < 1.29 is 9.53 Å². The summed E-state index contributed by atoms with van der Waals surface area (Å²) in [5, 5.41) is 7.51. The molecule has 0 saturated heterocycles. The highest BCUT2D eigenvalue weighted by Gasteiger charge is 2.20. The monoisotopic (exact) mass is 329 g/mol. The molecule has 0 saturated carbocycles. The molecule has 0 amide bonds. The summed E-state index contributed by atoms with van der Waals surface area (Å²) in [6.07, 6.45) is 1.00. The maximum absolute atomic E-state index is 11.9. The molecule has 0 fully saturated rings. The Bertz CT molecular complexity index is 513. The summed E-state index contributed by atoms with van der Waals surface area (Å²) in [7, 11) is 5.46.